The van der Waals surface area contributed by atoms with Gasteiger partial charge in [0.1, 0.15) is 0 Å². The topological polar surface area (TPSA) is 52.3 Å². The first-order valence-corrected chi connectivity index (χ1v) is 10.7. The Morgan fingerprint density at radius 1 is 0.667 bits per heavy atom. The molecule has 3 nitrogen and oxygen atoms in total. The molecule has 0 atom stereocenters. The van der Waals surface area contributed by atoms with Crippen LogP contribution >= 0.6 is 0 Å². The van der Waals surface area contributed by atoms with Crippen molar-refractivity contribution in [2.45, 2.75) is 116 Å². The van der Waals surface area contributed by atoms with E-state index in [2.05, 4.69) is 6.92 Å². The molecule has 0 aliphatic heterocycles. The number of nitrogens with two attached hydrogens (primary N) is 1. The molecule has 0 aliphatic rings. The average molecular weight is 342 g/mol. The van der Waals surface area contributed by atoms with Gasteiger partial charge in [0, 0.05) is 6.42 Å². The van der Waals surface area contributed by atoms with Crippen LogP contribution in [0.2, 0.25) is 0 Å². The maximum atomic E-state index is 11.4. The zero-order valence-corrected chi connectivity index (χ0v) is 16.3. The standard InChI is InChI=1S/C21H43NO2/c1-2-3-4-5-6-7-8-9-10-11-12-13-14-15-16-18-21(23)24-20-17-19-22/h2-20,22H2,1H3. The smallest absolute Gasteiger partial charge is 0.305 e. The average Bonchev–Trinajstić information content (AvgIpc) is 2.58. The predicted octanol–water partition coefficient (Wildman–Crippen LogP) is 6.14. The minimum Gasteiger partial charge on any atom is -0.466 e. The van der Waals surface area contributed by atoms with Gasteiger partial charge in [-0.15, -0.1) is 0 Å². The van der Waals surface area contributed by atoms with Crippen molar-refractivity contribution in [3.05, 3.63) is 0 Å². The van der Waals surface area contributed by atoms with Crippen molar-refractivity contribution in [3.63, 3.8) is 0 Å². The Labute approximate surface area is 151 Å². The van der Waals surface area contributed by atoms with E-state index in [1.165, 1.54) is 83.5 Å². The molecule has 0 aromatic heterocycles. The van der Waals surface area contributed by atoms with E-state index in [-0.39, 0.29) is 5.97 Å². The summed E-state index contributed by atoms with van der Waals surface area (Å²) in [6.07, 6.45) is 21.5. The minimum atomic E-state index is -0.0573. The zero-order chi connectivity index (χ0) is 17.7. The third-order valence-corrected chi connectivity index (χ3v) is 4.60. The number of carbonyl (C=O) groups is 1. The fourth-order valence-electron chi connectivity index (χ4n) is 2.98. The Hall–Kier alpha value is -0.570. The van der Waals surface area contributed by atoms with Crippen molar-refractivity contribution in [1.82, 2.24) is 0 Å². The summed E-state index contributed by atoms with van der Waals surface area (Å²) in [5, 5.41) is 0. The summed E-state index contributed by atoms with van der Waals surface area (Å²) in [6, 6.07) is 0. The summed E-state index contributed by atoms with van der Waals surface area (Å²) in [5.74, 6) is -0.0573. The SMILES string of the molecule is CCCCCCCCCCCCCCCCCC(=O)OCCCN. The van der Waals surface area contributed by atoms with Crippen LogP contribution in [-0.2, 0) is 9.53 Å². The highest BCUT2D eigenvalue weighted by Gasteiger charge is 2.01. The molecule has 0 rings (SSSR count). The normalized spacial score (nSPS) is 10.9. The third-order valence-electron chi connectivity index (χ3n) is 4.60. The van der Waals surface area contributed by atoms with Gasteiger partial charge in [-0.1, -0.05) is 96.8 Å². The van der Waals surface area contributed by atoms with Gasteiger partial charge < -0.3 is 10.5 Å². The lowest BCUT2D eigenvalue weighted by atomic mass is 10.0. The van der Waals surface area contributed by atoms with Crippen LogP contribution in [0.5, 0.6) is 0 Å². The molecule has 0 amide bonds. The molecule has 144 valence electrons. The van der Waals surface area contributed by atoms with Crippen molar-refractivity contribution in [2.75, 3.05) is 13.2 Å². The molecule has 3 heteroatoms. The summed E-state index contributed by atoms with van der Waals surface area (Å²) in [7, 11) is 0. The second kappa shape index (κ2) is 20.5. The van der Waals surface area contributed by atoms with Gasteiger partial charge in [-0.05, 0) is 19.4 Å². The molecule has 0 fully saturated rings. The number of rotatable bonds is 19. The van der Waals surface area contributed by atoms with Crippen molar-refractivity contribution in [2.24, 2.45) is 5.73 Å². The van der Waals surface area contributed by atoms with Gasteiger partial charge in [0.05, 0.1) is 6.61 Å². The van der Waals surface area contributed by atoms with Crippen molar-refractivity contribution >= 4 is 5.97 Å². The first kappa shape index (κ1) is 23.4. The molecule has 0 saturated heterocycles. The van der Waals surface area contributed by atoms with Gasteiger partial charge >= 0.3 is 5.97 Å². The Morgan fingerprint density at radius 3 is 1.50 bits per heavy atom. The predicted molar refractivity (Wildman–Crippen MR) is 104 cm³/mol. The van der Waals surface area contributed by atoms with Gasteiger partial charge in [-0.3, -0.25) is 4.79 Å². The summed E-state index contributed by atoms with van der Waals surface area (Å²) in [6.45, 7) is 3.35. The molecule has 0 aromatic rings. The Morgan fingerprint density at radius 2 is 1.08 bits per heavy atom. The molecule has 0 spiro atoms. The van der Waals surface area contributed by atoms with Gasteiger partial charge in [-0.25, -0.2) is 0 Å². The highest BCUT2D eigenvalue weighted by Crippen LogP contribution is 2.13. The van der Waals surface area contributed by atoms with E-state index in [1.54, 1.807) is 0 Å². The van der Waals surface area contributed by atoms with Gasteiger partial charge in [0.2, 0.25) is 0 Å². The summed E-state index contributed by atoms with van der Waals surface area (Å²) < 4.78 is 5.08. The van der Waals surface area contributed by atoms with Crippen molar-refractivity contribution in [1.29, 1.82) is 0 Å². The molecule has 0 saturated carbocycles. The van der Waals surface area contributed by atoms with Crippen LogP contribution in [0, 0.1) is 0 Å². The zero-order valence-electron chi connectivity index (χ0n) is 16.3. The minimum absolute atomic E-state index is 0.0573. The Kier molecular flexibility index (Phi) is 20.0. The van der Waals surface area contributed by atoms with E-state index in [4.69, 9.17) is 10.5 Å². The van der Waals surface area contributed by atoms with Crippen LogP contribution in [-0.4, -0.2) is 19.1 Å². The Bertz CT molecular complexity index is 256. The van der Waals surface area contributed by atoms with Crippen molar-refractivity contribution in [3.8, 4) is 0 Å². The summed E-state index contributed by atoms with van der Waals surface area (Å²) >= 11 is 0. The van der Waals surface area contributed by atoms with E-state index in [0.717, 1.165) is 19.3 Å². The van der Waals surface area contributed by atoms with Gasteiger partial charge in [0.15, 0.2) is 0 Å². The lowest BCUT2D eigenvalue weighted by Gasteiger charge is -2.04. The van der Waals surface area contributed by atoms with Crippen LogP contribution in [0.4, 0.5) is 0 Å². The third kappa shape index (κ3) is 19.5. The quantitative estimate of drug-likeness (QED) is 0.227. The maximum absolute atomic E-state index is 11.4. The van der Waals surface area contributed by atoms with E-state index < -0.39 is 0 Å². The van der Waals surface area contributed by atoms with Crippen LogP contribution < -0.4 is 5.73 Å². The van der Waals surface area contributed by atoms with E-state index >= 15 is 0 Å². The number of carbonyl (C=O) groups excluding carboxylic acids is 1. The lowest BCUT2D eigenvalue weighted by Crippen LogP contribution is -2.09. The molecule has 2 N–H and O–H groups in total. The molecule has 0 heterocycles. The number of hydrogen-bond donors (Lipinski definition) is 1. The number of unbranched alkanes of at least 4 members (excludes halogenated alkanes) is 14. The highest BCUT2D eigenvalue weighted by molar-refractivity contribution is 5.69. The van der Waals surface area contributed by atoms with E-state index in [0.29, 0.717) is 19.6 Å². The molecular weight excluding hydrogens is 298 g/mol. The molecule has 0 radical (unpaired) electrons. The van der Waals surface area contributed by atoms with Crippen LogP contribution in [0.3, 0.4) is 0 Å². The maximum Gasteiger partial charge on any atom is 0.305 e. The monoisotopic (exact) mass is 341 g/mol. The fourth-order valence-corrected chi connectivity index (χ4v) is 2.98. The van der Waals surface area contributed by atoms with Crippen LogP contribution in [0.1, 0.15) is 116 Å². The molecule has 0 bridgehead atoms. The second-order valence-corrected chi connectivity index (χ2v) is 7.06. The second-order valence-electron chi connectivity index (χ2n) is 7.06. The molecule has 24 heavy (non-hydrogen) atoms. The first-order valence-electron chi connectivity index (χ1n) is 10.7. The molecule has 0 unspecified atom stereocenters. The number of hydrogen-bond acceptors (Lipinski definition) is 3. The first-order chi connectivity index (χ1) is 11.8. The van der Waals surface area contributed by atoms with Gasteiger partial charge in [0.25, 0.3) is 0 Å². The molecule has 0 aromatic carbocycles. The largest absolute Gasteiger partial charge is 0.466 e. The number of esters is 1. The molecule has 0 aliphatic carbocycles. The van der Waals surface area contributed by atoms with Gasteiger partial charge in [-0.2, -0.15) is 0 Å². The fraction of sp³-hybridized carbons (Fsp3) is 0.952. The lowest BCUT2D eigenvalue weighted by molar-refractivity contribution is -0.143. The highest BCUT2D eigenvalue weighted by atomic mass is 16.5. The molecular formula is C21H43NO2. The summed E-state index contributed by atoms with van der Waals surface area (Å²) in [5.41, 5.74) is 5.36. The Balaban J connectivity index is 3.06. The number of ether oxygens (including phenoxy) is 1. The van der Waals surface area contributed by atoms with Crippen molar-refractivity contribution < 1.29 is 9.53 Å². The van der Waals surface area contributed by atoms with Crippen LogP contribution in [0.25, 0.3) is 0 Å². The van der Waals surface area contributed by atoms with Crippen LogP contribution in [0.15, 0.2) is 0 Å². The summed E-state index contributed by atoms with van der Waals surface area (Å²) in [4.78, 5) is 11.4. The van der Waals surface area contributed by atoms with E-state index in [1.807, 2.05) is 0 Å². The van der Waals surface area contributed by atoms with E-state index in [9.17, 15) is 4.79 Å².